The average molecular weight is 296 g/mol. The molecule has 1 heterocycles. The molecule has 2 aromatic carbocycles. The zero-order valence-corrected chi connectivity index (χ0v) is 12.5. The van der Waals surface area contributed by atoms with E-state index >= 15 is 0 Å². The molecule has 0 fully saturated rings. The number of H-pyrrole nitrogens is 1. The summed E-state index contributed by atoms with van der Waals surface area (Å²) in [4.78, 5) is 13.5. The Morgan fingerprint density at radius 1 is 1.14 bits per heavy atom. The van der Waals surface area contributed by atoms with Crippen molar-refractivity contribution in [1.29, 1.82) is 0 Å². The standard InChI is InChI=1S/C9H11NO2.C9H9N/c10-8(9(11)12)6-7-4-2-1-3-5-7;1-7-3-2-4-9-8(7)5-6-10-9/h1-5,8H,6,10H2,(H,11,12);2-6,10H,1H3. The fraction of sp³-hybridized carbons (Fsp3) is 0.167. The number of carbonyl (C=O) groups is 1. The molecule has 1 aromatic heterocycles. The minimum atomic E-state index is -0.959. The topological polar surface area (TPSA) is 79.1 Å². The van der Waals surface area contributed by atoms with Gasteiger partial charge in [-0.05, 0) is 36.6 Å². The van der Waals surface area contributed by atoms with E-state index in [4.69, 9.17) is 10.8 Å². The third-order valence-corrected chi connectivity index (χ3v) is 3.43. The average Bonchev–Trinajstić information content (AvgIpc) is 2.99. The predicted molar refractivity (Wildman–Crippen MR) is 88.8 cm³/mol. The van der Waals surface area contributed by atoms with Crippen LogP contribution in [0.25, 0.3) is 10.9 Å². The van der Waals surface area contributed by atoms with Crippen LogP contribution in [0.1, 0.15) is 11.1 Å². The smallest absolute Gasteiger partial charge is 0.320 e. The molecule has 0 saturated heterocycles. The molecule has 4 N–H and O–H groups in total. The first-order valence-electron chi connectivity index (χ1n) is 7.13. The van der Waals surface area contributed by atoms with E-state index in [9.17, 15) is 4.79 Å². The van der Waals surface area contributed by atoms with E-state index < -0.39 is 12.0 Å². The largest absolute Gasteiger partial charge is 0.480 e. The van der Waals surface area contributed by atoms with Gasteiger partial charge in [0.05, 0.1) is 0 Å². The lowest BCUT2D eigenvalue weighted by molar-refractivity contribution is -0.138. The molecule has 1 atom stereocenters. The number of fused-ring (bicyclic) bond motifs is 1. The molecule has 22 heavy (non-hydrogen) atoms. The molecule has 0 saturated carbocycles. The summed E-state index contributed by atoms with van der Waals surface area (Å²) in [5.41, 5.74) is 8.85. The number of nitrogens with one attached hydrogen (secondary N) is 1. The molecular weight excluding hydrogens is 276 g/mol. The molecule has 0 aliphatic carbocycles. The summed E-state index contributed by atoms with van der Waals surface area (Å²) >= 11 is 0. The van der Waals surface area contributed by atoms with E-state index in [-0.39, 0.29) is 0 Å². The first kappa shape index (κ1) is 15.8. The lowest BCUT2D eigenvalue weighted by Crippen LogP contribution is -2.32. The number of aryl methyl sites for hydroxylation is 1. The first-order valence-corrected chi connectivity index (χ1v) is 7.13. The minimum Gasteiger partial charge on any atom is -0.480 e. The maximum absolute atomic E-state index is 10.4. The SMILES string of the molecule is Cc1cccc2[nH]ccc12.NC(Cc1ccccc1)C(=O)O. The summed E-state index contributed by atoms with van der Waals surface area (Å²) in [5.74, 6) is -0.959. The van der Waals surface area contributed by atoms with Crippen LogP contribution in [0.2, 0.25) is 0 Å². The monoisotopic (exact) mass is 296 g/mol. The van der Waals surface area contributed by atoms with Gasteiger partial charge < -0.3 is 15.8 Å². The lowest BCUT2D eigenvalue weighted by atomic mass is 10.1. The van der Waals surface area contributed by atoms with Crippen LogP contribution >= 0.6 is 0 Å². The zero-order valence-electron chi connectivity index (χ0n) is 12.5. The van der Waals surface area contributed by atoms with E-state index in [1.807, 2.05) is 36.5 Å². The number of benzene rings is 2. The van der Waals surface area contributed by atoms with Gasteiger partial charge in [0.1, 0.15) is 6.04 Å². The van der Waals surface area contributed by atoms with Crippen molar-refractivity contribution in [2.45, 2.75) is 19.4 Å². The molecule has 1 unspecified atom stereocenters. The van der Waals surface area contributed by atoms with Crippen molar-refractivity contribution in [1.82, 2.24) is 4.98 Å². The van der Waals surface area contributed by atoms with E-state index in [0.717, 1.165) is 5.56 Å². The van der Waals surface area contributed by atoms with Crippen LogP contribution < -0.4 is 5.73 Å². The van der Waals surface area contributed by atoms with Crippen LogP contribution in [0.15, 0.2) is 60.8 Å². The van der Waals surface area contributed by atoms with Crippen molar-refractivity contribution in [3.8, 4) is 0 Å². The number of carboxylic acids is 1. The third kappa shape index (κ3) is 4.20. The normalized spacial score (nSPS) is 11.5. The fourth-order valence-corrected chi connectivity index (χ4v) is 2.20. The molecule has 3 rings (SSSR count). The van der Waals surface area contributed by atoms with Crippen molar-refractivity contribution in [2.24, 2.45) is 5.73 Å². The molecule has 0 radical (unpaired) electrons. The van der Waals surface area contributed by atoms with Crippen molar-refractivity contribution in [3.63, 3.8) is 0 Å². The van der Waals surface area contributed by atoms with E-state index in [2.05, 4.69) is 36.2 Å². The van der Waals surface area contributed by atoms with Gasteiger partial charge in [0.2, 0.25) is 0 Å². The highest BCUT2D eigenvalue weighted by Gasteiger charge is 2.10. The Morgan fingerprint density at radius 2 is 1.86 bits per heavy atom. The molecule has 4 nitrogen and oxygen atoms in total. The van der Waals surface area contributed by atoms with Gasteiger partial charge in [-0.25, -0.2) is 0 Å². The first-order chi connectivity index (χ1) is 10.6. The van der Waals surface area contributed by atoms with Gasteiger partial charge in [-0.1, -0.05) is 42.5 Å². The molecule has 3 aromatic rings. The second kappa shape index (κ2) is 7.43. The minimum absolute atomic E-state index is 0.385. The molecule has 4 heteroatoms. The predicted octanol–water partition coefficient (Wildman–Crippen LogP) is 3.12. The number of aliphatic carboxylic acids is 1. The summed E-state index contributed by atoms with van der Waals surface area (Å²) in [6.07, 6.45) is 2.36. The molecule has 114 valence electrons. The van der Waals surface area contributed by atoms with Gasteiger partial charge >= 0.3 is 5.97 Å². The summed E-state index contributed by atoms with van der Waals surface area (Å²) in [6.45, 7) is 2.12. The van der Waals surface area contributed by atoms with Gasteiger partial charge in [-0.3, -0.25) is 4.79 Å². The van der Waals surface area contributed by atoms with Gasteiger partial charge in [0.25, 0.3) is 0 Å². The van der Waals surface area contributed by atoms with E-state index in [0.29, 0.717) is 6.42 Å². The fourth-order valence-electron chi connectivity index (χ4n) is 2.20. The maximum Gasteiger partial charge on any atom is 0.320 e. The van der Waals surface area contributed by atoms with E-state index in [1.165, 1.54) is 16.5 Å². The Hall–Kier alpha value is -2.59. The second-order valence-corrected chi connectivity index (χ2v) is 5.15. The highest BCUT2D eigenvalue weighted by Crippen LogP contribution is 2.15. The number of rotatable bonds is 3. The molecule has 0 aliphatic rings. The third-order valence-electron chi connectivity index (χ3n) is 3.43. The van der Waals surface area contributed by atoms with E-state index in [1.54, 1.807) is 0 Å². The Morgan fingerprint density at radius 3 is 2.50 bits per heavy atom. The summed E-state index contributed by atoms with van der Waals surface area (Å²) in [7, 11) is 0. The molecule has 0 bridgehead atoms. The highest BCUT2D eigenvalue weighted by atomic mass is 16.4. The van der Waals surface area contributed by atoms with Crippen molar-refractivity contribution in [3.05, 3.63) is 71.9 Å². The van der Waals surface area contributed by atoms with Crippen LogP contribution in [0.4, 0.5) is 0 Å². The van der Waals surface area contributed by atoms with Crippen LogP contribution in [0.3, 0.4) is 0 Å². The summed E-state index contributed by atoms with van der Waals surface area (Å²) in [5, 5.41) is 9.84. The van der Waals surface area contributed by atoms with Crippen molar-refractivity contribution < 1.29 is 9.90 Å². The van der Waals surface area contributed by atoms with Gasteiger partial charge in [-0.15, -0.1) is 0 Å². The molecule has 0 aliphatic heterocycles. The van der Waals surface area contributed by atoms with Crippen molar-refractivity contribution >= 4 is 16.9 Å². The van der Waals surface area contributed by atoms with Gasteiger partial charge in [0.15, 0.2) is 0 Å². The lowest BCUT2D eigenvalue weighted by Gasteiger charge is -2.04. The van der Waals surface area contributed by atoms with Gasteiger partial charge in [0, 0.05) is 17.1 Å². The van der Waals surface area contributed by atoms with Crippen LogP contribution in [0, 0.1) is 6.92 Å². The quantitative estimate of drug-likeness (QED) is 0.695. The van der Waals surface area contributed by atoms with Crippen LogP contribution in [-0.2, 0) is 11.2 Å². The number of hydrogen-bond acceptors (Lipinski definition) is 2. The molecule has 0 amide bonds. The Kier molecular flexibility index (Phi) is 5.33. The Labute approximate surface area is 129 Å². The zero-order chi connectivity index (χ0) is 15.9. The molecular formula is C18H20N2O2. The number of nitrogens with two attached hydrogens (primary N) is 1. The summed E-state index contributed by atoms with van der Waals surface area (Å²) in [6, 6.07) is 16.9. The summed E-state index contributed by atoms with van der Waals surface area (Å²) < 4.78 is 0. The Balaban J connectivity index is 0.000000162. The van der Waals surface area contributed by atoms with Crippen LogP contribution in [0.5, 0.6) is 0 Å². The van der Waals surface area contributed by atoms with Crippen LogP contribution in [-0.4, -0.2) is 22.1 Å². The Bertz CT molecular complexity index is 735. The molecule has 0 spiro atoms. The number of carboxylic acid groups (broad SMARTS) is 1. The number of hydrogen-bond donors (Lipinski definition) is 3. The number of aromatic nitrogens is 1. The van der Waals surface area contributed by atoms with Gasteiger partial charge in [-0.2, -0.15) is 0 Å². The maximum atomic E-state index is 10.4. The number of aromatic amines is 1. The van der Waals surface area contributed by atoms with Crippen molar-refractivity contribution in [2.75, 3.05) is 0 Å². The second-order valence-electron chi connectivity index (χ2n) is 5.15. The highest BCUT2D eigenvalue weighted by molar-refractivity contribution is 5.82.